The number of hydrogen-bond acceptors (Lipinski definition) is 5. The molecule has 27 heavy (non-hydrogen) atoms. The first-order valence-electron chi connectivity index (χ1n) is 8.45. The van der Waals surface area contributed by atoms with Crippen LogP contribution in [0.4, 0.5) is 4.39 Å². The topological polar surface area (TPSA) is 64.6 Å². The number of hydrogen-bond donors (Lipinski definition) is 1. The smallest absolute Gasteiger partial charge is 0.340 e. The van der Waals surface area contributed by atoms with Gasteiger partial charge in [0.25, 0.3) is 5.91 Å². The molecule has 0 bridgehead atoms. The predicted octanol–water partition coefficient (Wildman–Crippen LogP) is 3.43. The zero-order chi connectivity index (χ0) is 19.6. The molecule has 2 rings (SSSR count). The van der Waals surface area contributed by atoms with Gasteiger partial charge in [-0.15, -0.1) is 11.8 Å². The van der Waals surface area contributed by atoms with Gasteiger partial charge in [0.15, 0.2) is 6.10 Å². The van der Waals surface area contributed by atoms with Gasteiger partial charge in [0, 0.05) is 24.3 Å². The molecule has 0 unspecified atom stereocenters. The summed E-state index contributed by atoms with van der Waals surface area (Å²) in [6.07, 6.45) is -0.931. The van der Waals surface area contributed by atoms with Gasteiger partial charge in [-0.2, -0.15) is 0 Å². The molecule has 0 aliphatic carbocycles. The Labute approximate surface area is 162 Å². The molecular formula is C20H22FNO4S. The summed E-state index contributed by atoms with van der Waals surface area (Å²) in [6, 6.07) is 13.4. The quantitative estimate of drug-likeness (QED) is 0.403. The lowest BCUT2D eigenvalue weighted by Gasteiger charge is -2.15. The van der Waals surface area contributed by atoms with Gasteiger partial charge in [-0.05, 0) is 30.7 Å². The normalized spacial score (nSPS) is 11.7. The number of rotatable bonds is 9. The summed E-state index contributed by atoms with van der Waals surface area (Å²) in [5, 5.41) is 2.62. The maximum atomic E-state index is 13.8. The average molecular weight is 391 g/mol. The number of amides is 1. The monoisotopic (exact) mass is 391 g/mol. The van der Waals surface area contributed by atoms with Crippen LogP contribution in [-0.2, 0) is 20.0 Å². The zero-order valence-electron chi connectivity index (χ0n) is 15.2. The van der Waals surface area contributed by atoms with Crippen LogP contribution in [0.5, 0.6) is 0 Å². The number of methoxy groups -OCH3 is 1. The second-order valence-electron chi connectivity index (χ2n) is 5.71. The lowest BCUT2D eigenvalue weighted by molar-refractivity contribution is -0.129. The van der Waals surface area contributed by atoms with Crippen molar-refractivity contribution >= 4 is 23.6 Å². The molecule has 0 fully saturated rings. The Morgan fingerprint density at radius 1 is 1.15 bits per heavy atom. The van der Waals surface area contributed by atoms with Crippen LogP contribution in [0.1, 0.15) is 22.8 Å². The SMILES string of the molecule is COCCNC(=O)[C@@H](C)OC(=O)c1ccccc1SCc1ccccc1F. The van der Waals surface area contributed by atoms with Gasteiger partial charge in [0.2, 0.25) is 0 Å². The average Bonchev–Trinajstić information content (AvgIpc) is 2.67. The van der Waals surface area contributed by atoms with Crippen molar-refractivity contribution in [1.82, 2.24) is 5.32 Å². The van der Waals surface area contributed by atoms with Crippen molar-refractivity contribution in [2.45, 2.75) is 23.7 Å². The molecule has 0 spiro atoms. The number of carbonyl (C=O) groups is 2. The summed E-state index contributed by atoms with van der Waals surface area (Å²) in [6.45, 7) is 2.23. The summed E-state index contributed by atoms with van der Waals surface area (Å²) in [7, 11) is 1.53. The Kier molecular flexibility index (Phi) is 8.29. The molecule has 0 saturated carbocycles. The maximum Gasteiger partial charge on any atom is 0.340 e. The molecule has 2 aromatic carbocycles. The molecular weight excluding hydrogens is 369 g/mol. The van der Waals surface area contributed by atoms with Crippen LogP contribution < -0.4 is 5.32 Å². The van der Waals surface area contributed by atoms with Crippen LogP contribution in [-0.4, -0.2) is 38.2 Å². The largest absolute Gasteiger partial charge is 0.449 e. The van der Waals surface area contributed by atoms with Crippen LogP contribution in [0.25, 0.3) is 0 Å². The standard InChI is InChI=1S/C20H22FNO4S/c1-14(19(23)22-11-12-25-2)26-20(24)16-8-4-6-10-18(16)27-13-15-7-3-5-9-17(15)21/h3-10,14H,11-13H2,1-2H3,(H,22,23)/t14-/m1/s1. The highest BCUT2D eigenvalue weighted by molar-refractivity contribution is 7.98. The number of halogens is 1. The zero-order valence-corrected chi connectivity index (χ0v) is 16.1. The van der Waals surface area contributed by atoms with E-state index in [-0.39, 0.29) is 5.82 Å². The number of thioether (sulfide) groups is 1. The van der Waals surface area contributed by atoms with E-state index in [9.17, 15) is 14.0 Å². The summed E-state index contributed by atoms with van der Waals surface area (Å²) in [4.78, 5) is 25.1. The van der Waals surface area contributed by atoms with E-state index in [0.29, 0.717) is 34.9 Å². The highest BCUT2D eigenvalue weighted by Crippen LogP contribution is 2.28. The third-order valence-electron chi connectivity index (χ3n) is 3.71. The fourth-order valence-corrected chi connectivity index (χ4v) is 3.26. The minimum absolute atomic E-state index is 0.286. The first kappa shape index (κ1) is 20.9. The molecule has 2 aromatic rings. The third kappa shape index (κ3) is 6.37. The van der Waals surface area contributed by atoms with E-state index < -0.39 is 18.0 Å². The molecule has 0 radical (unpaired) electrons. The second kappa shape index (κ2) is 10.7. The first-order chi connectivity index (χ1) is 13.0. The van der Waals surface area contributed by atoms with E-state index in [0.717, 1.165) is 0 Å². The van der Waals surface area contributed by atoms with Crippen molar-refractivity contribution in [3.8, 4) is 0 Å². The lowest BCUT2D eigenvalue weighted by atomic mass is 10.2. The van der Waals surface area contributed by atoms with Gasteiger partial charge in [-0.25, -0.2) is 9.18 Å². The molecule has 0 aliphatic heterocycles. The Morgan fingerprint density at radius 2 is 1.85 bits per heavy atom. The molecule has 0 saturated heterocycles. The van der Waals surface area contributed by atoms with Crippen LogP contribution in [0, 0.1) is 5.82 Å². The molecule has 0 heterocycles. The second-order valence-corrected chi connectivity index (χ2v) is 6.72. The van der Waals surface area contributed by atoms with Crippen molar-refractivity contribution in [3.05, 3.63) is 65.5 Å². The van der Waals surface area contributed by atoms with Gasteiger partial charge in [-0.1, -0.05) is 30.3 Å². The Balaban J connectivity index is 2.00. The van der Waals surface area contributed by atoms with Crippen LogP contribution >= 0.6 is 11.8 Å². The van der Waals surface area contributed by atoms with E-state index in [4.69, 9.17) is 9.47 Å². The summed E-state index contributed by atoms with van der Waals surface area (Å²) < 4.78 is 23.9. The molecule has 7 heteroatoms. The van der Waals surface area contributed by atoms with Gasteiger partial charge < -0.3 is 14.8 Å². The van der Waals surface area contributed by atoms with Gasteiger partial charge in [-0.3, -0.25) is 4.79 Å². The van der Waals surface area contributed by atoms with Gasteiger partial charge >= 0.3 is 5.97 Å². The van der Waals surface area contributed by atoms with Crippen molar-refractivity contribution in [1.29, 1.82) is 0 Å². The Hall–Kier alpha value is -2.38. The first-order valence-corrected chi connectivity index (χ1v) is 9.44. The fraction of sp³-hybridized carbons (Fsp3) is 0.300. The number of benzene rings is 2. The number of carbonyl (C=O) groups excluding carboxylic acids is 2. The van der Waals surface area contributed by atoms with E-state index in [1.54, 1.807) is 42.5 Å². The molecule has 0 aliphatic rings. The summed E-state index contributed by atoms with van der Waals surface area (Å²) >= 11 is 1.34. The molecule has 0 aromatic heterocycles. The maximum absolute atomic E-state index is 13.8. The van der Waals surface area contributed by atoms with Gasteiger partial charge in [0.1, 0.15) is 5.82 Å². The molecule has 1 atom stereocenters. The number of ether oxygens (including phenoxy) is 2. The highest BCUT2D eigenvalue weighted by Gasteiger charge is 2.20. The van der Waals surface area contributed by atoms with E-state index in [1.165, 1.54) is 31.9 Å². The molecule has 5 nitrogen and oxygen atoms in total. The molecule has 1 N–H and O–H groups in total. The number of nitrogens with one attached hydrogen (secondary N) is 1. The summed E-state index contributed by atoms with van der Waals surface area (Å²) in [5.74, 6) is -0.895. The summed E-state index contributed by atoms with van der Waals surface area (Å²) in [5.41, 5.74) is 0.895. The van der Waals surface area contributed by atoms with Gasteiger partial charge in [0.05, 0.1) is 12.2 Å². The molecule has 1 amide bonds. The van der Waals surface area contributed by atoms with E-state index >= 15 is 0 Å². The van der Waals surface area contributed by atoms with Crippen molar-refractivity contribution in [3.63, 3.8) is 0 Å². The van der Waals surface area contributed by atoms with E-state index in [1.807, 2.05) is 0 Å². The minimum atomic E-state index is -0.931. The Morgan fingerprint density at radius 3 is 2.59 bits per heavy atom. The van der Waals surface area contributed by atoms with Crippen LogP contribution in [0.2, 0.25) is 0 Å². The third-order valence-corrected chi connectivity index (χ3v) is 4.83. The van der Waals surface area contributed by atoms with Crippen molar-refractivity contribution in [2.75, 3.05) is 20.3 Å². The van der Waals surface area contributed by atoms with Crippen molar-refractivity contribution < 1.29 is 23.5 Å². The van der Waals surface area contributed by atoms with Crippen LogP contribution in [0.3, 0.4) is 0 Å². The van der Waals surface area contributed by atoms with E-state index in [2.05, 4.69) is 5.32 Å². The fourth-order valence-electron chi connectivity index (χ4n) is 2.23. The van der Waals surface area contributed by atoms with Crippen LogP contribution in [0.15, 0.2) is 53.4 Å². The van der Waals surface area contributed by atoms with Crippen molar-refractivity contribution in [2.24, 2.45) is 0 Å². The number of esters is 1. The lowest BCUT2D eigenvalue weighted by Crippen LogP contribution is -2.37. The highest BCUT2D eigenvalue weighted by atomic mass is 32.2. The molecule has 144 valence electrons. The Bertz CT molecular complexity index is 784. The predicted molar refractivity (Wildman–Crippen MR) is 102 cm³/mol. The minimum Gasteiger partial charge on any atom is -0.449 e.